The third-order valence-electron chi connectivity index (χ3n) is 5.00. The second-order valence-corrected chi connectivity index (χ2v) is 7.81. The van der Waals surface area contributed by atoms with Crippen molar-refractivity contribution >= 4 is 5.91 Å². The number of aryl methyl sites for hydroxylation is 2. The van der Waals surface area contributed by atoms with Gasteiger partial charge in [-0.15, -0.1) is 5.10 Å². The zero-order valence-corrected chi connectivity index (χ0v) is 18.8. The molecule has 186 valence electrons. The van der Waals surface area contributed by atoms with E-state index < -0.39 is 23.8 Å². The van der Waals surface area contributed by atoms with Gasteiger partial charge in [0, 0.05) is 23.5 Å². The number of nitrogens with zero attached hydrogens (tertiary/aromatic N) is 7. The molecule has 0 fully saturated rings. The highest BCUT2D eigenvalue weighted by atomic mass is 19.4. The second kappa shape index (κ2) is 9.36. The molecule has 0 saturated heterocycles. The summed E-state index contributed by atoms with van der Waals surface area (Å²) in [5, 5.41) is 11.8. The Morgan fingerprint density at radius 1 is 0.972 bits per heavy atom. The molecule has 14 heteroatoms. The molecule has 0 radical (unpaired) electrons. The number of tetrazole rings is 1. The smallest absolute Gasteiger partial charge is 0.346 e. The van der Waals surface area contributed by atoms with Gasteiger partial charge in [-0.25, -0.2) is 0 Å². The summed E-state index contributed by atoms with van der Waals surface area (Å²) in [5.41, 5.74) is 2.24. The lowest BCUT2D eigenvalue weighted by molar-refractivity contribution is -0.293. The van der Waals surface area contributed by atoms with E-state index in [1.807, 2.05) is 0 Å². The van der Waals surface area contributed by atoms with Crippen molar-refractivity contribution in [1.82, 2.24) is 40.5 Å². The molecule has 0 saturated carbocycles. The zero-order chi connectivity index (χ0) is 26.1. The van der Waals surface area contributed by atoms with Gasteiger partial charge < -0.3 is 5.32 Å². The SMILES string of the molecule is Cc1ccc(-c2cc(C(=O)NCc3cnc(C)cn3)cc(-n3nnnc3C(F)(F)C(F)(F)F)c2)nc1. The Balaban J connectivity index is 1.76. The summed E-state index contributed by atoms with van der Waals surface area (Å²) in [6, 6.07) is 7.11. The summed E-state index contributed by atoms with van der Waals surface area (Å²) < 4.78 is 67.5. The van der Waals surface area contributed by atoms with Gasteiger partial charge >= 0.3 is 12.1 Å². The van der Waals surface area contributed by atoms with Crippen molar-refractivity contribution in [1.29, 1.82) is 0 Å². The van der Waals surface area contributed by atoms with Gasteiger partial charge in [-0.2, -0.15) is 26.6 Å². The number of nitrogens with one attached hydrogen (secondary N) is 1. The molecule has 1 N–H and O–H groups in total. The van der Waals surface area contributed by atoms with E-state index in [-0.39, 0.29) is 28.0 Å². The first-order chi connectivity index (χ1) is 17.0. The lowest BCUT2D eigenvalue weighted by atomic mass is 10.0. The van der Waals surface area contributed by atoms with Crippen LogP contribution in [0.3, 0.4) is 0 Å². The molecular weight excluding hydrogens is 487 g/mol. The Bertz CT molecular complexity index is 1390. The molecule has 0 aliphatic carbocycles. The molecule has 0 aliphatic heterocycles. The van der Waals surface area contributed by atoms with Crippen LogP contribution in [0, 0.1) is 13.8 Å². The van der Waals surface area contributed by atoms with E-state index in [0.717, 1.165) is 11.6 Å². The lowest BCUT2D eigenvalue weighted by Gasteiger charge is -2.19. The number of halogens is 5. The highest BCUT2D eigenvalue weighted by molar-refractivity contribution is 5.96. The largest absolute Gasteiger partial charge is 0.461 e. The number of carbonyl (C=O) groups is 1. The summed E-state index contributed by atoms with van der Waals surface area (Å²) in [7, 11) is 0. The molecule has 0 aliphatic rings. The number of carbonyl (C=O) groups excluding carboxylic acids is 1. The fourth-order valence-corrected chi connectivity index (χ4v) is 3.12. The Labute approximate surface area is 200 Å². The van der Waals surface area contributed by atoms with Crippen LogP contribution in [0.15, 0.2) is 48.9 Å². The third-order valence-corrected chi connectivity index (χ3v) is 5.00. The van der Waals surface area contributed by atoms with Gasteiger partial charge in [-0.1, -0.05) is 6.07 Å². The average Bonchev–Trinajstić information content (AvgIpc) is 3.34. The number of hydrogen-bond donors (Lipinski definition) is 1. The van der Waals surface area contributed by atoms with Crippen LogP contribution in [0.1, 0.15) is 33.1 Å². The monoisotopic (exact) mass is 504 g/mol. The van der Waals surface area contributed by atoms with Gasteiger partial charge in [0.25, 0.3) is 5.91 Å². The minimum atomic E-state index is -5.94. The molecule has 0 spiro atoms. The minimum Gasteiger partial charge on any atom is -0.346 e. The summed E-state index contributed by atoms with van der Waals surface area (Å²) >= 11 is 0. The molecule has 0 atom stereocenters. The van der Waals surface area contributed by atoms with Crippen LogP contribution in [0.4, 0.5) is 22.0 Å². The van der Waals surface area contributed by atoms with Crippen LogP contribution in [0.2, 0.25) is 0 Å². The fourth-order valence-electron chi connectivity index (χ4n) is 3.12. The fraction of sp³-hybridized carbons (Fsp3) is 0.227. The van der Waals surface area contributed by atoms with Crippen molar-refractivity contribution in [2.75, 3.05) is 0 Å². The summed E-state index contributed by atoms with van der Waals surface area (Å²) in [6.07, 6.45) is -1.41. The molecule has 1 amide bonds. The molecule has 1 aromatic carbocycles. The Kier molecular flexibility index (Phi) is 6.43. The van der Waals surface area contributed by atoms with E-state index in [0.29, 0.717) is 17.1 Å². The molecule has 0 unspecified atom stereocenters. The van der Waals surface area contributed by atoms with E-state index in [4.69, 9.17) is 0 Å². The van der Waals surface area contributed by atoms with Gasteiger partial charge in [0.2, 0.25) is 5.82 Å². The van der Waals surface area contributed by atoms with Gasteiger partial charge in [0.05, 0.1) is 35.5 Å². The second-order valence-electron chi connectivity index (χ2n) is 7.81. The van der Waals surface area contributed by atoms with Crippen LogP contribution in [-0.2, 0) is 12.5 Å². The first-order valence-electron chi connectivity index (χ1n) is 10.3. The predicted octanol–water partition coefficient (Wildman–Crippen LogP) is 3.72. The zero-order valence-electron chi connectivity index (χ0n) is 18.8. The molecule has 4 aromatic rings. The van der Waals surface area contributed by atoms with Gasteiger partial charge in [-0.3, -0.25) is 19.7 Å². The number of rotatable bonds is 6. The first kappa shape index (κ1) is 24.8. The quantitative estimate of drug-likeness (QED) is 0.399. The molecule has 3 aromatic heterocycles. The Hall–Kier alpha value is -4.36. The normalized spacial score (nSPS) is 12.0. The number of hydrogen-bond acceptors (Lipinski definition) is 7. The number of amides is 1. The van der Waals surface area contributed by atoms with E-state index >= 15 is 0 Å². The third kappa shape index (κ3) is 5.01. The standard InChI is InChI=1S/C22H17F5N8O/c1-12-3-4-18(30-8-12)14-5-15(19(36)31-11-16-10-28-13(2)9-29-16)7-17(6-14)35-20(32-33-34-35)21(23,24)22(25,26)27/h3-10H,11H2,1-2H3,(H,31,36). The number of benzene rings is 1. The van der Waals surface area contributed by atoms with Crippen LogP contribution in [-0.4, -0.2) is 47.2 Å². The maximum atomic E-state index is 14.1. The molecule has 3 heterocycles. The molecule has 9 nitrogen and oxygen atoms in total. The van der Waals surface area contributed by atoms with Crippen LogP contribution >= 0.6 is 0 Å². The number of pyridine rings is 1. The summed E-state index contributed by atoms with van der Waals surface area (Å²) in [4.78, 5) is 25.4. The minimum absolute atomic E-state index is 0.00324. The van der Waals surface area contributed by atoms with Crippen molar-refractivity contribution in [2.24, 2.45) is 0 Å². The molecule has 36 heavy (non-hydrogen) atoms. The highest BCUT2D eigenvalue weighted by Gasteiger charge is 2.62. The van der Waals surface area contributed by atoms with E-state index in [9.17, 15) is 26.7 Å². The van der Waals surface area contributed by atoms with Gasteiger partial charge in [0.15, 0.2) is 0 Å². The summed E-state index contributed by atoms with van der Waals surface area (Å²) in [5.74, 6) is -7.74. The number of aromatic nitrogens is 7. The van der Waals surface area contributed by atoms with E-state index in [1.165, 1.54) is 30.7 Å². The number of alkyl halides is 5. The molecule has 0 bridgehead atoms. The average molecular weight is 504 g/mol. The van der Waals surface area contributed by atoms with Gasteiger partial charge in [0.1, 0.15) is 0 Å². The summed E-state index contributed by atoms with van der Waals surface area (Å²) in [6.45, 7) is 3.54. The Morgan fingerprint density at radius 2 is 1.75 bits per heavy atom. The molecule has 4 rings (SSSR count). The first-order valence-corrected chi connectivity index (χ1v) is 10.3. The van der Waals surface area contributed by atoms with Gasteiger partial charge in [-0.05, 0) is 54.1 Å². The van der Waals surface area contributed by atoms with Crippen molar-refractivity contribution in [3.63, 3.8) is 0 Å². The van der Waals surface area contributed by atoms with Crippen molar-refractivity contribution < 1.29 is 26.7 Å². The Morgan fingerprint density at radius 3 is 2.39 bits per heavy atom. The maximum absolute atomic E-state index is 14.1. The predicted molar refractivity (Wildman–Crippen MR) is 115 cm³/mol. The topological polar surface area (TPSA) is 111 Å². The maximum Gasteiger partial charge on any atom is 0.461 e. The van der Waals surface area contributed by atoms with Crippen LogP contribution in [0.25, 0.3) is 16.9 Å². The van der Waals surface area contributed by atoms with Crippen LogP contribution < -0.4 is 5.32 Å². The highest BCUT2D eigenvalue weighted by Crippen LogP contribution is 2.43. The van der Waals surface area contributed by atoms with Crippen molar-refractivity contribution in [3.05, 3.63) is 77.3 Å². The van der Waals surface area contributed by atoms with Crippen molar-refractivity contribution in [3.8, 4) is 16.9 Å². The van der Waals surface area contributed by atoms with Crippen molar-refractivity contribution in [2.45, 2.75) is 32.5 Å². The van der Waals surface area contributed by atoms with E-state index in [2.05, 4.69) is 35.8 Å². The van der Waals surface area contributed by atoms with Crippen LogP contribution in [0.5, 0.6) is 0 Å². The molecular formula is C22H17F5N8O. The van der Waals surface area contributed by atoms with E-state index in [1.54, 1.807) is 26.0 Å². The lowest BCUT2D eigenvalue weighted by Crippen LogP contribution is -2.36.